The van der Waals surface area contributed by atoms with Crippen molar-refractivity contribution in [1.82, 2.24) is 10.2 Å². The molecular weight excluding hydrogens is 454 g/mol. The topological polar surface area (TPSA) is 71.1 Å². The molecule has 1 N–H and O–H groups in total. The Morgan fingerprint density at radius 2 is 1.69 bits per heavy atom. The molecule has 0 radical (unpaired) electrons. The van der Waals surface area contributed by atoms with Gasteiger partial charge in [-0.1, -0.05) is 12.1 Å². The van der Waals surface area contributed by atoms with Gasteiger partial charge in [-0.15, -0.1) is 0 Å². The third kappa shape index (κ3) is 5.45. The van der Waals surface area contributed by atoms with Crippen molar-refractivity contribution in [2.45, 2.75) is 51.2 Å². The van der Waals surface area contributed by atoms with Gasteiger partial charge >= 0.3 is 0 Å². The third-order valence-electron chi connectivity index (χ3n) is 7.56. The maximum atomic E-state index is 12.8. The Balaban J connectivity index is 1.10. The molecule has 0 spiro atoms. The minimum atomic E-state index is -0.876. The van der Waals surface area contributed by atoms with Gasteiger partial charge in [-0.05, 0) is 80.5 Å². The van der Waals surface area contributed by atoms with Crippen LogP contribution < -0.4 is 19.7 Å². The molecule has 7 nitrogen and oxygen atoms in total. The summed E-state index contributed by atoms with van der Waals surface area (Å²) in [4.78, 5) is 29.1. The summed E-state index contributed by atoms with van der Waals surface area (Å²) in [6, 6.07) is 16.1. The quantitative estimate of drug-likeness (QED) is 0.505. The number of hydrogen-bond acceptors (Lipinski definition) is 5. The Morgan fingerprint density at radius 3 is 2.31 bits per heavy atom. The molecular formula is C29H37N3O4. The Hall–Kier alpha value is -3.22. The van der Waals surface area contributed by atoms with Gasteiger partial charge in [0.15, 0.2) is 0 Å². The molecule has 3 aliphatic rings. The number of nitrogens with zero attached hydrogens (tertiary/aromatic N) is 2. The molecule has 0 bridgehead atoms. The van der Waals surface area contributed by atoms with Crippen molar-refractivity contribution >= 4 is 17.5 Å². The maximum absolute atomic E-state index is 12.8. The van der Waals surface area contributed by atoms with Crippen molar-refractivity contribution in [2.75, 3.05) is 38.7 Å². The first-order valence-corrected chi connectivity index (χ1v) is 13.1. The van der Waals surface area contributed by atoms with Crippen LogP contribution >= 0.6 is 0 Å². The lowest BCUT2D eigenvalue weighted by molar-refractivity contribution is -0.142. The summed E-state index contributed by atoms with van der Waals surface area (Å²) in [6.45, 7) is 4.58. The monoisotopic (exact) mass is 491 g/mol. The van der Waals surface area contributed by atoms with E-state index in [2.05, 4.69) is 34.5 Å². The Kier molecular flexibility index (Phi) is 6.82. The molecule has 2 aromatic rings. The van der Waals surface area contributed by atoms with Gasteiger partial charge in [0.05, 0.1) is 19.2 Å². The standard InChI is InChI=1S/C29H37N3O4/c1-20(30-27(33)29(15-16-29)28(34)31(2)3)22-6-10-25(11-7-22)36-26-14-17-32(18-26)23-8-12-24(13-9-23)35-19-21-4-5-21/h6-13,20-21,26H,4-5,14-19H2,1-3H3,(H,30,33). The molecule has 1 saturated heterocycles. The number of nitrogens with one attached hydrogen (secondary N) is 1. The van der Waals surface area contributed by atoms with E-state index in [1.165, 1.54) is 23.4 Å². The van der Waals surface area contributed by atoms with Crippen LogP contribution in [0.5, 0.6) is 11.5 Å². The van der Waals surface area contributed by atoms with E-state index in [-0.39, 0.29) is 24.0 Å². The van der Waals surface area contributed by atoms with Gasteiger partial charge in [0.2, 0.25) is 11.8 Å². The van der Waals surface area contributed by atoms with Crippen LogP contribution in [0.2, 0.25) is 0 Å². The molecule has 7 heteroatoms. The average Bonchev–Trinajstić information content (AvgIpc) is 3.81. The molecule has 5 rings (SSSR count). The van der Waals surface area contributed by atoms with Crippen molar-refractivity contribution in [2.24, 2.45) is 11.3 Å². The molecule has 2 aromatic carbocycles. The number of rotatable bonds is 10. The van der Waals surface area contributed by atoms with Gasteiger partial charge in [0.1, 0.15) is 23.0 Å². The summed E-state index contributed by atoms with van der Waals surface area (Å²) in [5.74, 6) is 2.24. The van der Waals surface area contributed by atoms with Crippen molar-refractivity contribution in [3.05, 3.63) is 54.1 Å². The van der Waals surface area contributed by atoms with Crippen LogP contribution in [0.15, 0.2) is 48.5 Å². The third-order valence-corrected chi connectivity index (χ3v) is 7.56. The number of carbonyl (C=O) groups is 2. The second-order valence-electron chi connectivity index (χ2n) is 10.8. The molecule has 3 fully saturated rings. The lowest BCUT2D eigenvalue weighted by Crippen LogP contribution is -2.43. The highest BCUT2D eigenvalue weighted by Crippen LogP contribution is 2.47. The summed E-state index contributed by atoms with van der Waals surface area (Å²) >= 11 is 0. The first kappa shape index (κ1) is 24.5. The van der Waals surface area contributed by atoms with Crippen LogP contribution in [-0.2, 0) is 9.59 Å². The highest BCUT2D eigenvalue weighted by atomic mass is 16.5. The second kappa shape index (κ2) is 10.0. The van der Waals surface area contributed by atoms with Crippen LogP contribution in [0, 0.1) is 11.3 Å². The van der Waals surface area contributed by atoms with Gasteiger partial charge in [-0.3, -0.25) is 9.59 Å². The summed E-state index contributed by atoms with van der Waals surface area (Å²) in [7, 11) is 3.39. The fourth-order valence-electron chi connectivity index (χ4n) is 4.85. The normalized spacial score (nSPS) is 21.0. The number of ether oxygens (including phenoxy) is 2. The van der Waals surface area contributed by atoms with Crippen molar-refractivity contribution in [3.63, 3.8) is 0 Å². The number of amides is 2. The molecule has 2 aliphatic carbocycles. The van der Waals surface area contributed by atoms with E-state index in [4.69, 9.17) is 9.47 Å². The number of hydrogen-bond donors (Lipinski definition) is 1. The van der Waals surface area contributed by atoms with Crippen molar-refractivity contribution < 1.29 is 19.1 Å². The average molecular weight is 492 g/mol. The van der Waals surface area contributed by atoms with Crippen LogP contribution in [0.3, 0.4) is 0 Å². The highest BCUT2D eigenvalue weighted by molar-refractivity contribution is 6.07. The van der Waals surface area contributed by atoms with E-state index in [0.717, 1.165) is 49.1 Å². The highest BCUT2D eigenvalue weighted by Gasteiger charge is 2.57. The fraction of sp³-hybridized carbons (Fsp3) is 0.517. The smallest absolute Gasteiger partial charge is 0.237 e. The van der Waals surface area contributed by atoms with E-state index >= 15 is 0 Å². The summed E-state index contributed by atoms with van der Waals surface area (Å²) in [5.41, 5.74) is 1.31. The minimum Gasteiger partial charge on any atom is -0.493 e. The largest absolute Gasteiger partial charge is 0.493 e. The van der Waals surface area contributed by atoms with Crippen molar-refractivity contribution in [3.8, 4) is 11.5 Å². The lowest BCUT2D eigenvalue weighted by atomic mass is 10.0. The van der Waals surface area contributed by atoms with E-state index < -0.39 is 5.41 Å². The fourth-order valence-corrected chi connectivity index (χ4v) is 4.85. The zero-order chi connectivity index (χ0) is 25.3. The maximum Gasteiger partial charge on any atom is 0.237 e. The predicted octanol–water partition coefficient (Wildman–Crippen LogP) is 4.18. The van der Waals surface area contributed by atoms with Crippen LogP contribution in [-0.4, -0.2) is 56.6 Å². The van der Waals surface area contributed by atoms with Gasteiger partial charge in [-0.2, -0.15) is 0 Å². The summed E-state index contributed by atoms with van der Waals surface area (Å²) in [6.07, 6.45) is 4.93. The van der Waals surface area contributed by atoms with Gasteiger partial charge in [-0.25, -0.2) is 0 Å². The Bertz CT molecular complexity index is 1070. The molecule has 0 aromatic heterocycles. The SMILES string of the molecule is CC(NC(=O)C1(C(=O)N(C)C)CC1)c1ccc(OC2CCN(c3ccc(OCC4CC4)cc3)C2)cc1. The molecule has 36 heavy (non-hydrogen) atoms. The van der Waals surface area contributed by atoms with E-state index in [9.17, 15) is 9.59 Å². The number of anilines is 1. The first-order valence-electron chi connectivity index (χ1n) is 13.1. The van der Waals surface area contributed by atoms with Gasteiger partial charge in [0, 0.05) is 32.7 Å². The number of benzene rings is 2. The molecule has 2 unspecified atom stereocenters. The van der Waals surface area contributed by atoms with Gasteiger partial charge < -0.3 is 24.6 Å². The van der Waals surface area contributed by atoms with Crippen LogP contribution in [0.25, 0.3) is 0 Å². The summed E-state index contributed by atoms with van der Waals surface area (Å²) < 4.78 is 12.1. The zero-order valence-electron chi connectivity index (χ0n) is 21.5. The number of carbonyl (C=O) groups excluding carboxylic acids is 2. The molecule has 192 valence electrons. The Morgan fingerprint density at radius 1 is 1.03 bits per heavy atom. The Labute approximate surface area is 213 Å². The summed E-state index contributed by atoms with van der Waals surface area (Å²) in [5, 5.41) is 3.03. The minimum absolute atomic E-state index is 0.112. The van der Waals surface area contributed by atoms with Crippen LogP contribution in [0.4, 0.5) is 5.69 Å². The van der Waals surface area contributed by atoms with Crippen LogP contribution in [0.1, 0.15) is 50.6 Å². The lowest BCUT2D eigenvalue weighted by Gasteiger charge is -2.22. The molecule has 1 aliphatic heterocycles. The molecule has 2 amide bonds. The van der Waals surface area contributed by atoms with E-state index in [1.54, 1.807) is 14.1 Å². The molecule has 2 saturated carbocycles. The van der Waals surface area contributed by atoms with Crippen molar-refractivity contribution in [1.29, 1.82) is 0 Å². The molecule has 1 heterocycles. The van der Waals surface area contributed by atoms with E-state index in [1.807, 2.05) is 31.2 Å². The zero-order valence-corrected chi connectivity index (χ0v) is 21.5. The second-order valence-corrected chi connectivity index (χ2v) is 10.8. The first-order chi connectivity index (χ1) is 17.3. The molecule has 2 atom stereocenters. The van der Waals surface area contributed by atoms with Gasteiger partial charge in [0.25, 0.3) is 0 Å². The predicted molar refractivity (Wildman–Crippen MR) is 139 cm³/mol. The van der Waals surface area contributed by atoms with E-state index in [0.29, 0.717) is 12.8 Å².